The van der Waals surface area contributed by atoms with Gasteiger partial charge >= 0.3 is 0 Å². The van der Waals surface area contributed by atoms with E-state index in [4.69, 9.17) is 0 Å². The van der Waals surface area contributed by atoms with Gasteiger partial charge in [-0.05, 0) is 60.7 Å². The van der Waals surface area contributed by atoms with Crippen molar-refractivity contribution < 1.29 is 0 Å². The fraction of sp³-hybridized carbons (Fsp3) is 0.714. The van der Waals surface area contributed by atoms with Crippen LogP contribution in [0.5, 0.6) is 0 Å². The predicted molar refractivity (Wildman–Crippen MR) is 79.6 cm³/mol. The van der Waals surface area contributed by atoms with Gasteiger partial charge in [-0.15, -0.1) is 11.3 Å². The third-order valence-electron chi connectivity index (χ3n) is 3.89. The number of halogens is 1. The van der Waals surface area contributed by atoms with Gasteiger partial charge in [0, 0.05) is 17.0 Å². The molecule has 0 aromatic carbocycles. The van der Waals surface area contributed by atoms with E-state index in [0.717, 1.165) is 5.92 Å². The topological polar surface area (TPSA) is 12.0 Å². The minimum absolute atomic E-state index is 0.475. The molecule has 1 aromatic rings. The SMILES string of the molecule is CC(NC(C)C1CCCCC1)c1ccc(Br)s1. The fourth-order valence-corrected chi connectivity index (χ4v) is 4.24. The second kappa shape index (κ2) is 6.35. The highest BCUT2D eigenvalue weighted by atomic mass is 79.9. The lowest BCUT2D eigenvalue weighted by Crippen LogP contribution is -2.36. The molecule has 2 atom stereocenters. The van der Waals surface area contributed by atoms with Crippen molar-refractivity contribution in [2.45, 2.75) is 58.0 Å². The Kier molecular flexibility index (Phi) is 5.07. The van der Waals surface area contributed by atoms with Gasteiger partial charge in [-0.2, -0.15) is 0 Å². The maximum atomic E-state index is 3.77. The molecule has 2 unspecified atom stereocenters. The van der Waals surface area contributed by atoms with Crippen molar-refractivity contribution in [1.82, 2.24) is 5.32 Å². The first-order chi connectivity index (χ1) is 8.16. The minimum atomic E-state index is 0.475. The lowest BCUT2D eigenvalue weighted by atomic mass is 9.84. The van der Waals surface area contributed by atoms with Crippen LogP contribution < -0.4 is 5.32 Å². The van der Waals surface area contributed by atoms with Crippen molar-refractivity contribution >= 4 is 27.3 Å². The van der Waals surface area contributed by atoms with Crippen molar-refractivity contribution in [1.29, 1.82) is 0 Å². The van der Waals surface area contributed by atoms with Gasteiger partial charge in [0.15, 0.2) is 0 Å². The number of hydrogen-bond acceptors (Lipinski definition) is 2. The molecular formula is C14H22BrNS. The number of rotatable bonds is 4. The zero-order valence-corrected chi connectivity index (χ0v) is 13.1. The molecule has 0 amide bonds. The summed E-state index contributed by atoms with van der Waals surface area (Å²) in [4.78, 5) is 1.43. The van der Waals surface area contributed by atoms with E-state index < -0.39 is 0 Å². The zero-order chi connectivity index (χ0) is 12.3. The van der Waals surface area contributed by atoms with Crippen LogP contribution in [-0.4, -0.2) is 6.04 Å². The molecule has 3 heteroatoms. The van der Waals surface area contributed by atoms with Gasteiger partial charge in [0.1, 0.15) is 0 Å². The van der Waals surface area contributed by atoms with Crippen molar-refractivity contribution in [3.05, 3.63) is 20.8 Å². The highest BCUT2D eigenvalue weighted by Crippen LogP contribution is 2.30. The van der Waals surface area contributed by atoms with Gasteiger partial charge < -0.3 is 5.32 Å². The maximum absolute atomic E-state index is 3.77. The summed E-state index contributed by atoms with van der Waals surface area (Å²) < 4.78 is 1.23. The van der Waals surface area contributed by atoms with Gasteiger partial charge in [0.05, 0.1) is 3.79 Å². The molecule has 1 aliphatic carbocycles. The van der Waals surface area contributed by atoms with Gasteiger partial charge in [-0.25, -0.2) is 0 Å². The highest BCUT2D eigenvalue weighted by Gasteiger charge is 2.21. The molecule has 96 valence electrons. The molecule has 1 nitrogen and oxygen atoms in total. The van der Waals surface area contributed by atoms with Gasteiger partial charge in [-0.1, -0.05) is 19.3 Å². The van der Waals surface area contributed by atoms with Crippen molar-refractivity contribution in [3.63, 3.8) is 0 Å². The molecule has 1 saturated carbocycles. The largest absolute Gasteiger partial charge is 0.307 e. The predicted octanol–water partition coefficient (Wildman–Crippen LogP) is 5.13. The number of hydrogen-bond donors (Lipinski definition) is 1. The molecular weight excluding hydrogens is 294 g/mol. The molecule has 0 aliphatic heterocycles. The van der Waals surface area contributed by atoms with Crippen LogP contribution in [0.3, 0.4) is 0 Å². The quantitative estimate of drug-likeness (QED) is 0.812. The van der Waals surface area contributed by atoms with Crippen molar-refractivity contribution in [2.75, 3.05) is 0 Å². The lowest BCUT2D eigenvalue weighted by Gasteiger charge is -2.30. The Morgan fingerprint density at radius 1 is 1.24 bits per heavy atom. The second-order valence-electron chi connectivity index (χ2n) is 5.22. The average Bonchev–Trinajstić information content (AvgIpc) is 2.77. The minimum Gasteiger partial charge on any atom is -0.307 e. The standard InChI is InChI=1S/C14H22BrNS/c1-10(12-6-4-3-5-7-12)16-11(2)13-8-9-14(15)17-13/h8-12,16H,3-7H2,1-2H3. The zero-order valence-electron chi connectivity index (χ0n) is 10.7. The Morgan fingerprint density at radius 3 is 2.53 bits per heavy atom. The Labute approximate surface area is 117 Å². The van der Waals surface area contributed by atoms with Crippen LogP contribution in [-0.2, 0) is 0 Å². The Morgan fingerprint density at radius 2 is 1.94 bits per heavy atom. The smallest absolute Gasteiger partial charge is 0.0701 e. The van der Waals surface area contributed by atoms with Gasteiger partial charge in [-0.3, -0.25) is 0 Å². The van der Waals surface area contributed by atoms with Crippen LogP contribution in [0, 0.1) is 5.92 Å². The molecule has 1 fully saturated rings. The average molecular weight is 316 g/mol. The van der Waals surface area contributed by atoms with E-state index >= 15 is 0 Å². The molecule has 0 radical (unpaired) electrons. The molecule has 0 bridgehead atoms. The summed E-state index contributed by atoms with van der Waals surface area (Å²) in [5.74, 6) is 0.884. The molecule has 1 aliphatic rings. The van der Waals surface area contributed by atoms with E-state index in [1.165, 1.54) is 40.8 Å². The van der Waals surface area contributed by atoms with E-state index in [2.05, 4.69) is 47.2 Å². The van der Waals surface area contributed by atoms with Crippen LogP contribution in [0.25, 0.3) is 0 Å². The highest BCUT2D eigenvalue weighted by molar-refractivity contribution is 9.11. The second-order valence-corrected chi connectivity index (χ2v) is 7.71. The Hall–Kier alpha value is 0.140. The van der Waals surface area contributed by atoms with Crippen molar-refractivity contribution in [2.24, 2.45) is 5.92 Å². The summed E-state index contributed by atoms with van der Waals surface area (Å²) in [6, 6.07) is 5.48. The van der Waals surface area contributed by atoms with Crippen LogP contribution in [0.2, 0.25) is 0 Å². The van der Waals surface area contributed by atoms with E-state index in [9.17, 15) is 0 Å². The molecule has 0 saturated heterocycles. The first kappa shape index (κ1) is 13.6. The van der Waals surface area contributed by atoms with Crippen LogP contribution in [0.15, 0.2) is 15.9 Å². The summed E-state index contributed by atoms with van der Waals surface area (Å²) in [6.07, 6.45) is 7.12. The Bertz CT molecular complexity index is 344. The van der Waals surface area contributed by atoms with Gasteiger partial charge in [0.25, 0.3) is 0 Å². The molecule has 1 aromatic heterocycles. The van der Waals surface area contributed by atoms with E-state index in [0.29, 0.717) is 12.1 Å². The van der Waals surface area contributed by atoms with E-state index in [1.807, 2.05) is 11.3 Å². The maximum Gasteiger partial charge on any atom is 0.0701 e. The monoisotopic (exact) mass is 315 g/mol. The third kappa shape index (κ3) is 3.80. The molecule has 17 heavy (non-hydrogen) atoms. The third-order valence-corrected chi connectivity index (χ3v) is 5.70. The molecule has 2 rings (SSSR count). The lowest BCUT2D eigenvalue weighted by molar-refractivity contribution is 0.269. The van der Waals surface area contributed by atoms with Crippen molar-refractivity contribution in [3.8, 4) is 0 Å². The summed E-state index contributed by atoms with van der Waals surface area (Å²) in [5.41, 5.74) is 0. The van der Waals surface area contributed by atoms with Gasteiger partial charge in [0.2, 0.25) is 0 Å². The first-order valence-corrected chi connectivity index (χ1v) is 8.29. The summed E-state index contributed by atoms with van der Waals surface area (Å²) in [5, 5.41) is 3.77. The normalized spacial score (nSPS) is 21.4. The summed E-state index contributed by atoms with van der Waals surface area (Å²) in [6.45, 7) is 4.63. The molecule has 1 N–H and O–H groups in total. The summed E-state index contributed by atoms with van der Waals surface area (Å²) >= 11 is 5.37. The first-order valence-electron chi connectivity index (χ1n) is 6.68. The van der Waals surface area contributed by atoms with E-state index in [1.54, 1.807) is 0 Å². The van der Waals surface area contributed by atoms with Crippen LogP contribution in [0.1, 0.15) is 56.9 Å². The number of thiophene rings is 1. The van der Waals surface area contributed by atoms with Crippen LogP contribution in [0.4, 0.5) is 0 Å². The van der Waals surface area contributed by atoms with Crippen LogP contribution >= 0.6 is 27.3 Å². The number of nitrogens with one attached hydrogen (secondary N) is 1. The molecule has 0 spiro atoms. The molecule has 1 heterocycles. The Balaban J connectivity index is 1.87. The fourth-order valence-electron chi connectivity index (χ4n) is 2.81. The summed E-state index contributed by atoms with van der Waals surface area (Å²) in [7, 11) is 0. The van der Waals surface area contributed by atoms with E-state index in [-0.39, 0.29) is 0 Å².